The Labute approximate surface area is 110 Å². The molecule has 3 nitrogen and oxygen atoms in total. The van der Waals surface area contributed by atoms with Gasteiger partial charge in [-0.15, -0.1) is 0 Å². The zero-order chi connectivity index (χ0) is 13.5. The van der Waals surface area contributed by atoms with Crippen LogP contribution in [0.5, 0.6) is 0 Å². The van der Waals surface area contributed by atoms with Gasteiger partial charge in [-0.05, 0) is 31.5 Å². The smallest absolute Gasteiger partial charge is 0.367 e. The van der Waals surface area contributed by atoms with Crippen molar-refractivity contribution in [1.82, 2.24) is 9.88 Å². The lowest BCUT2D eigenvalue weighted by Gasteiger charge is -2.38. The second-order valence-electron chi connectivity index (χ2n) is 5.18. The Hall–Kier alpha value is -1.30. The van der Waals surface area contributed by atoms with Gasteiger partial charge in [-0.2, -0.15) is 13.2 Å². The van der Waals surface area contributed by atoms with Crippen LogP contribution >= 0.6 is 0 Å². The van der Waals surface area contributed by atoms with Crippen LogP contribution in [0.2, 0.25) is 0 Å². The number of alkyl halides is 3. The molecule has 0 radical (unpaired) electrons. The van der Waals surface area contributed by atoms with Crippen molar-refractivity contribution in [1.29, 1.82) is 0 Å². The average Bonchev–Trinajstić information content (AvgIpc) is 2.85. The van der Waals surface area contributed by atoms with E-state index < -0.39 is 11.9 Å². The summed E-state index contributed by atoms with van der Waals surface area (Å²) in [5.41, 5.74) is -0.0321. The molecule has 0 spiro atoms. The lowest BCUT2D eigenvalue weighted by molar-refractivity contribution is -0.141. The molecule has 1 unspecified atom stereocenters. The van der Waals surface area contributed by atoms with E-state index in [1.54, 1.807) is 0 Å². The van der Waals surface area contributed by atoms with Crippen molar-refractivity contribution in [3.8, 4) is 0 Å². The largest absolute Gasteiger partial charge is 0.433 e. The van der Waals surface area contributed by atoms with Crippen molar-refractivity contribution in [3.05, 3.63) is 24.0 Å². The maximum atomic E-state index is 12.5. The van der Waals surface area contributed by atoms with E-state index in [1.807, 2.05) is 0 Å². The van der Waals surface area contributed by atoms with Gasteiger partial charge < -0.3 is 4.90 Å². The lowest BCUT2D eigenvalue weighted by atomic mass is 10.1. The molecule has 3 heterocycles. The minimum Gasteiger partial charge on any atom is -0.367 e. The molecule has 0 amide bonds. The van der Waals surface area contributed by atoms with Gasteiger partial charge in [0.05, 0.1) is 11.9 Å². The first-order valence-electron chi connectivity index (χ1n) is 6.56. The number of aromatic nitrogens is 1. The van der Waals surface area contributed by atoms with E-state index in [2.05, 4.69) is 14.8 Å². The number of hydrogen-bond acceptors (Lipinski definition) is 3. The Morgan fingerprint density at radius 3 is 2.68 bits per heavy atom. The predicted molar refractivity (Wildman–Crippen MR) is 66.0 cm³/mol. The fourth-order valence-electron chi connectivity index (χ4n) is 2.97. The summed E-state index contributed by atoms with van der Waals surface area (Å²) in [4.78, 5) is 8.14. The molecule has 1 atom stereocenters. The Kier molecular flexibility index (Phi) is 3.12. The Balaban J connectivity index is 1.72. The van der Waals surface area contributed by atoms with E-state index in [-0.39, 0.29) is 0 Å². The third-order valence-corrected chi connectivity index (χ3v) is 3.99. The van der Waals surface area contributed by atoms with Crippen molar-refractivity contribution in [3.63, 3.8) is 0 Å². The minimum absolute atomic E-state index is 0.552. The minimum atomic E-state index is -4.36. The van der Waals surface area contributed by atoms with Crippen LogP contribution in [-0.4, -0.2) is 42.1 Å². The number of halogens is 3. The average molecular weight is 271 g/mol. The van der Waals surface area contributed by atoms with E-state index in [9.17, 15) is 13.2 Å². The summed E-state index contributed by atoms with van der Waals surface area (Å²) in [7, 11) is 0. The number of anilines is 1. The van der Waals surface area contributed by atoms with Gasteiger partial charge in [0, 0.05) is 25.7 Å². The number of piperazine rings is 1. The molecule has 1 aromatic rings. The van der Waals surface area contributed by atoms with Gasteiger partial charge >= 0.3 is 6.18 Å². The van der Waals surface area contributed by atoms with Crippen LogP contribution in [0, 0.1) is 0 Å². The Bertz CT molecular complexity index is 443. The predicted octanol–water partition coefficient (Wildman–Crippen LogP) is 2.38. The maximum absolute atomic E-state index is 12.5. The Morgan fingerprint density at radius 1 is 1.16 bits per heavy atom. The molecular weight excluding hydrogens is 255 g/mol. The first kappa shape index (κ1) is 12.7. The first-order chi connectivity index (χ1) is 9.04. The number of rotatable bonds is 1. The van der Waals surface area contributed by atoms with Crippen molar-refractivity contribution in [2.75, 3.05) is 31.1 Å². The molecule has 2 fully saturated rings. The normalized spacial score (nSPS) is 24.6. The summed E-state index contributed by atoms with van der Waals surface area (Å²) < 4.78 is 37.4. The molecule has 0 bridgehead atoms. The molecule has 2 aliphatic heterocycles. The van der Waals surface area contributed by atoms with Gasteiger partial charge in [-0.1, -0.05) is 0 Å². The second-order valence-corrected chi connectivity index (χ2v) is 5.18. The second kappa shape index (κ2) is 4.67. The third-order valence-electron chi connectivity index (χ3n) is 3.99. The highest BCUT2D eigenvalue weighted by Crippen LogP contribution is 2.29. The fraction of sp³-hybridized carbons (Fsp3) is 0.615. The summed E-state index contributed by atoms with van der Waals surface area (Å²) >= 11 is 0. The van der Waals surface area contributed by atoms with Gasteiger partial charge in [-0.3, -0.25) is 4.90 Å². The first-order valence-corrected chi connectivity index (χ1v) is 6.56. The van der Waals surface area contributed by atoms with Crippen molar-refractivity contribution < 1.29 is 13.2 Å². The molecule has 6 heteroatoms. The molecular formula is C13H16F3N3. The van der Waals surface area contributed by atoms with Crippen molar-refractivity contribution in [2.45, 2.75) is 25.1 Å². The molecule has 2 saturated heterocycles. The number of fused-ring (bicyclic) bond motifs is 1. The van der Waals surface area contributed by atoms with Gasteiger partial charge in [0.25, 0.3) is 0 Å². The maximum Gasteiger partial charge on any atom is 0.433 e. The zero-order valence-electron chi connectivity index (χ0n) is 10.5. The SMILES string of the molecule is FC(F)(F)c1ccc(N2CCN3CCCC3C2)cn1. The highest BCUT2D eigenvalue weighted by molar-refractivity contribution is 5.45. The van der Waals surface area contributed by atoms with Crippen LogP contribution in [0.25, 0.3) is 0 Å². The topological polar surface area (TPSA) is 19.4 Å². The quantitative estimate of drug-likeness (QED) is 0.782. The van der Waals surface area contributed by atoms with Crippen LogP contribution in [-0.2, 0) is 6.18 Å². The van der Waals surface area contributed by atoms with Gasteiger partial charge in [-0.25, -0.2) is 4.98 Å². The Morgan fingerprint density at radius 2 is 2.00 bits per heavy atom. The zero-order valence-corrected chi connectivity index (χ0v) is 10.5. The van der Waals surface area contributed by atoms with Crippen LogP contribution in [0.4, 0.5) is 18.9 Å². The summed E-state index contributed by atoms with van der Waals surface area (Å²) in [5.74, 6) is 0. The van der Waals surface area contributed by atoms with Gasteiger partial charge in [0.1, 0.15) is 5.69 Å². The molecule has 104 valence electrons. The van der Waals surface area contributed by atoms with E-state index in [0.717, 1.165) is 37.9 Å². The van der Waals surface area contributed by atoms with Crippen LogP contribution in [0.3, 0.4) is 0 Å². The molecule has 0 aromatic carbocycles. The number of nitrogens with zero attached hydrogens (tertiary/aromatic N) is 3. The monoisotopic (exact) mass is 271 g/mol. The number of pyridine rings is 1. The molecule has 1 aromatic heterocycles. The van der Waals surface area contributed by atoms with E-state index in [0.29, 0.717) is 6.04 Å². The standard InChI is InChI=1S/C13H16F3N3/c14-13(15,16)12-4-3-10(8-17-12)19-7-6-18-5-1-2-11(18)9-19/h3-4,8,11H,1-2,5-7,9H2. The lowest BCUT2D eigenvalue weighted by Crippen LogP contribution is -2.50. The van der Waals surface area contributed by atoms with Crippen LogP contribution in [0.15, 0.2) is 18.3 Å². The van der Waals surface area contributed by atoms with Gasteiger partial charge in [0.15, 0.2) is 0 Å². The fourth-order valence-corrected chi connectivity index (χ4v) is 2.97. The van der Waals surface area contributed by atoms with E-state index in [1.165, 1.54) is 25.1 Å². The third kappa shape index (κ3) is 2.54. The summed E-state index contributed by atoms with van der Waals surface area (Å²) in [6, 6.07) is 3.15. The van der Waals surface area contributed by atoms with Crippen molar-refractivity contribution >= 4 is 5.69 Å². The van der Waals surface area contributed by atoms with Crippen LogP contribution < -0.4 is 4.90 Å². The molecule has 0 N–H and O–H groups in total. The molecule has 3 rings (SSSR count). The van der Waals surface area contributed by atoms with Gasteiger partial charge in [0.2, 0.25) is 0 Å². The highest BCUT2D eigenvalue weighted by atomic mass is 19.4. The summed E-state index contributed by atoms with van der Waals surface area (Å²) in [6.07, 6.45) is -0.607. The highest BCUT2D eigenvalue weighted by Gasteiger charge is 2.33. The van der Waals surface area contributed by atoms with Crippen molar-refractivity contribution in [2.24, 2.45) is 0 Å². The molecule has 0 aliphatic carbocycles. The summed E-state index contributed by atoms with van der Waals surface area (Å²) in [6.45, 7) is 3.91. The summed E-state index contributed by atoms with van der Waals surface area (Å²) in [5, 5.41) is 0. The van der Waals surface area contributed by atoms with E-state index in [4.69, 9.17) is 0 Å². The van der Waals surface area contributed by atoms with Crippen LogP contribution in [0.1, 0.15) is 18.5 Å². The molecule has 19 heavy (non-hydrogen) atoms. The number of hydrogen-bond donors (Lipinski definition) is 0. The molecule has 2 aliphatic rings. The molecule has 0 saturated carbocycles. The van der Waals surface area contributed by atoms with E-state index >= 15 is 0 Å².